The molecule has 0 atom stereocenters. The minimum atomic E-state index is -4.52. The van der Waals surface area contributed by atoms with Crippen molar-refractivity contribution in [1.29, 1.82) is 0 Å². The van der Waals surface area contributed by atoms with Crippen LogP contribution in [-0.4, -0.2) is 17.5 Å². The molecule has 0 aliphatic rings. The molecule has 0 spiro atoms. The fourth-order valence-electron chi connectivity index (χ4n) is 4.13. The van der Waals surface area contributed by atoms with Gasteiger partial charge in [0.25, 0.3) is 5.91 Å². The standard InChI is InChI=1S/C29H22F3N3O2S/c1-2-37-21-13-11-18(12-14-21)23-16-22(17-7-4-3-5-8-17)24-25(33)26(38-28(24)35-23)27(36)34-20-10-6-9-19(15-20)29(30,31)32/h3-16H,2,33H2,1H3,(H,34,36). The zero-order valence-corrected chi connectivity index (χ0v) is 21.0. The summed E-state index contributed by atoms with van der Waals surface area (Å²) in [6, 6.07) is 23.5. The number of pyridine rings is 1. The highest BCUT2D eigenvalue weighted by Gasteiger charge is 2.30. The maximum absolute atomic E-state index is 13.2. The molecule has 0 saturated carbocycles. The summed E-state index contributed by atoms with van der Waals surface area (Å²) in [7, 11) is 0. The van der Waals surface area contributed by atoms with Crippen LogP contribution in [0.25, 0.3) is 32.6 Å². The SMILES string of the molecule is CCOc1ccc(-c2cc(-c3ccccc3)c3c(N)c(C(=O)Nc4cccc(C(F)(F)F)c4)sc3n2)cc1. The van der Waals surface area contributed by atoms with Gasteiger partial charge in [-0.3, -0.25) is 4.79 Å². The number of hydrogen-bond donors (Lipinski definition) is 2. The molecule has 38 heavy (non-hydrogen) atoms. The van der Waals surface area contributed by atoms with Gasteiger partial charge in [-0.25, -0.2) is 4.98 Å². The van der Waals surface area contributed by atoms with E-state index in [1.54, 1.807) is 0 Å². The Labute approximate surface area is 220 Å². The summed E-state index contributed by atoms with van der Waals surface area (Å²) in [6.45, 7) is 2.47. The van der Waals surface area contributed by atoms with Gasteiger partial charge in [0.2, 0.25) is 0 Å². The van der Waals surface area contributed by atoms with E-state index in [9.17, 15) is 18.0 Å². The molecule has 3 aromatic carbocycles. The first-order chi connectivity index (χ1) is 18.2. The summed E-state index contributed by atoms with van der Waals surface area (Å²) in [5.41, 5.74) is 9.10. The Kier molecular flexibility index (Phi) is 6.77. The molecule has 1 amide bonds. The van der Waals surface area contributed by atoms with Crippen molar-refractivity contribution in [3.05, 3.63) is 95.4 Å². The molecule has 3 N–H and O–H groups in total. The number of ether oxygens (including phenoxy) is 1. The highest BCUT2D eigenvalue weighted by molar-refractivity contribution is 7.21. The second kappa shape index (κ2) is 10.2. The van der Waals surface area contributed by atoms with E-state index >= 15 is 0 Å². The van der Waals surface area contributed by atoms with Crippen LogP contribution in [0.4, 0.5) is 24.5 Å². The predicted molar refractivity (Wildman–Crippen MR) is 145 cm³/mol. The van der Waals surface area contributed by atoms with Crippen LogP contribution in [0.1, 0.15) is 22.2 Å². The molecular weight excluding hydrogens is 511 g/mol. The summed E-state index contributed by atoms with van der Waals surface area (Å²) in [4.78, 5) is 18.7. The third-order valence-electron chi connectivity index (χ3n) is 5.90. The molecule has 5 rings (SSSR count). The van der Waals surface area contributed by atoms with E-state index in [2.05, 4.69) is 5.32 Å². The van der Waals surface area contributed by atoms with Gasteiger partial charge in [-0.1, -0.05) is 36.4 Å². The number of nitrogens with one attached hydrogen (secondary N) is 1. The maximum Gasteiger partial charge on any atom is 0.416 e. The third-order valence-corrected chi connectivity index (χ3v) is 7.00. The fourth-order valence-corrected chi connectivity index (χ4v) is 5.15. The van der Waals surface area contributed by atoms with E-state index in [-0.39, 0.29) is 16.3 Å². The summed E-state index contributed by atoms with van der Waals surface area (Å²) >= 11 is 1.09. The highest BCUT2D eigenvalue weighted by Crippen LogP contribution is 2.42. The second-order valence-corrected chi connectivity index (χ2v) is 9.44. The van der Waals surface area contributed by atoms with Gasteiger partial charge in [0.15, 0.2) is 0 Å². The summed E-state index contributed by atoms with van der Waals surface area (Å²) in [5.74, 6) is 0.140. The zero-order valence-electron chi connectivity index (χ0n) is 20.2. The number of amides is 1. The maximum atomic E-state index is 13.2. The normalized spacial score (nSPS) is 11.5. The number of nitrogens with two attached hydrogens (primary N) is 1. The first-order valence-corrected chi connectivity index (χ1v) is 12.6. The summed E-state index contributed by atoms with van der Waals surface area (Å²) in [6.07, 6.45) is -4.52. The molecule has 0 fully saturated rings. The first-order valence-electron chi connectivity index (χ1n) is 11.7. The second-order valence-electron chi connectivity index (χ2n) is 8.44. The van der Waals surface area contributed by atoms with Gasteiger partial charge in [0.1, 0.15) is 15.5 Å². The number of carbonyl (C=O) groups excluding carboxylic acids is 1. The van der Waals surface area contributed by atoms with Crippen LogP contribution in [0.3, 0.4) is 0 Å². The van der Waals surface area contributed by atoms with Crippen LogP contribution in [0.5, 0.6) is 5.75 Å². The van der Waals surface area contributed by atoms with Gasteiger partial charge >= 0.3 is 6.18 Å². The van der Waals surface area contributed by atoms with Crippen molar-refractivity contribution in [3.63, 3.8) is 0 Å². The topological polar surface area (TPSA) is 77.2 Å². The van der Waals surface area contributed by atoms with Crippen molar-refractivity contribution >= 4 is 38.8 Å². The van der Waals surface area contributed by atoms with Crippen LogP contribution in [0.15, 0.2) is 84.9 Å². The number of nitrogens with zero attached hydrogens (tertiary/aromatic N) is 1. The van der Waals surface area contributed by atoms with Crippen molar-refractivity contribution in [2.45, 2.75) is 13.1 Å². The van der Waals surface area contributed by atoms with Gasteiger partial charge < -0.3 is 15.8 Å². The number of thiophene rings is 1. The molecule has 0 unspecified atom stereocenters. The lowest BCUT2D eigenvalue weighted by molar-refractivity contribution is -0.137. The molecule has 5 nitrogen and oxygen atoms in total. The largest absolute Gasteiger partial charge is 0.494 e. The molecule has 0 bridgehead atoms. The Morgan fingerprint density at radius 3 is 2.39 bits per heavy atom. The molecule has 192 valence electrons. The first kappa shape index (κ1) is 25.3. The highest BCUT2D eigenvalue weighted by atomic mass is 32.1. The van der Waals surface area contributed by atoms with Crippen LogP contribution < -0.4 is 15.8 Å². The molecule has 0 aliphatic carbocycles. The lowest BCUT2D eigenvalue weighted by atomic mass is 9.99. The van der Waals surface area contributed by atoms with E-state index in [0.717, 1.165) is 45.9 Å². The minimum absolute atomic E-state index is 0.0213. The average molecular weight is 534 g/mol. The Bertz CT molecular complexity index is 1610. The van der Waals surface area contributed by atoms with Crippen molar-refractivity contribution in [2.75, 3.05) is 17.7 Å². The Balaban J connectivity index is 1.59. The van der Waals surface area contributed by atoms with Crippen molar-refractivity contribution in [2.24, 2.45) is 0 Å². The van der Waals surface area contributed by atoms with Crippen LogP contribution in [0.2, 0.25) is 0 Å². The number of carbonyl (C=O) groups is 1. The van der Waals surface area contributed by atoms with E-state index < -0.39 is 17.6 Å². The molecular formula is C29H22F3N3O2S. The summed E-state index contributed by atoms with van der Waals surface area (Å²) < 4.78 is 44.9. The number of benzene rings is 3. The van der Waals surface area contributed by atoms with Gasteiger partial charge in [0.05, 0.1) is 23.6 Å². The third kappa shape index (κ3) is 5.05. The molecule has 0 radical (unpaired) electrons. The quantitative estimate of drug-likeness (QED) is 0.233. The lowest BCUT2D eigenvalue weighted by Gasteiger charge is -2.10. The molecule has 2 aromatic heterocycles. The number of nitrogen functional groups attached to an aromatic ring is 1. The zero-order chi connectivity index (χ0) is 26.9. The predicted octanol–water partition coefficient (Wildman–Crippen LogP) is 7.88. The molecule has 0 aliphatic heterocycles. The molecule has 0 saturated heterocycles. The molecule has 9 heteroatoms. The van der Waals surface area contributed by atoms with E-state index in [1.807, 2.05) is 67.6 Å². The lowest BCUT2D eigenvalue weighted by Crippen LogP contribution is -2.13. The number of fused-ring (bicyclic) bond motifs is 1. The van der Waals surface area contributed by atoms with Gasteiger partial charge in [0, 0.05) is 16.6 Å². The van der Waals surface area contributed by atoms with Gasteiger partial charge in [-0.2, -0.15) is 13.2 Å². The van der Waals surface area contributed by atoms with Crippen LogP contribution >= 0.6 is 11.3 Å². The van der Waals surface area contributed by atoms with Crippen LogP contribution in [0, 0.1) is 0 Å². The minimum Gasteiger partial charge on any atom is -0.494 e. The van der Waals surface area contributed by atoms with Crippen molar-refractivity contribution < 1.29 is 22.7 Å². The fraction of sp³-hybridized carbons (Fsp3) is 0.103. The summed E-state index contributed by atoms with van der Waals surface area (Å²) in [5, 5.41) is 3.16. The van der Waals surface area contributed by atoms with Crippen molar-refractivity contribution in [1.82, 2.24) is 4.98 Å². The molecule has 2 heterocycles. The number of halogens is 3. The van der Waals surface area contributed by atoms with Gasteiger partial charge in [-0.05, 0) is 66.6 Å². The monoisotopic (exact) mass is 533 g/mol. The number of hydrogen-bond acceptors (Lipinski definition) is 5. The number of anilines is 2. The van der Waals surface area contributed by atoms with E-state index in [4.69, 9.17) is 15.5 Å². The van der Waals surface area contributed by atoms with E-state index in [0.29, 0.717) is 22.5 Å². The number of aromatic nitrogens is 1. The number of rotatable bonds is 6. The Hall–Kier alpha value is -4.37. The number of alkyl halides is 3. The van der Waals surface area contributed by atoms with Crippen LogP contribution in [-0.2, 0) is 6.18 Å². The van der Waals surface area contributed by atoms with Gasteiger partial charge in [-0.15, -0.1) is 11.3 Å². The Morgan fingerprint density at radius 1 is 0.974 bits per heavy atom. The molecule has 5 aromatic rings. The average Bonchev–Trinajstić information content (AvgIpc) is 3.25. The smallest absolute Gasteiger partial charge is 0.416 e. The van der Waals surface area contributed by atoms with Crippen molar-refractivity contribution in [3.8, 4) is 28.1 Å². The Morgan fingerprint density at radius 2 is 1.71 bits per heavy atom. The van der Waals surface area contributed by atoms with E-state index in [1.165, 1.54) is 12.1 Å².